The Balaban J connectivity index is 1.16. The van der Waals surface area contributed by atoms with Crippen LogP contribution in [-0.4, -0.2) is 30.2 Å². The van der Waals surface area contributed by atoms with Crippen LogP contribution in [0.3, 0.4) is 0 Å². The zero-order chi connectivity index (χ0) is 75.7. The predicted octanol–water partition coefficient (Wildman–Crippen LogP) is 13.3. The van der Waals surface area contributed by atoms with Crippen LogP contribution in [0.1, 0.15) is 68.9 Å². The Kier molecular flexibility index (Phi) is 4.93. The average Bonchev–Trinajstić information content (AvgIpc) is 1.49. The molecule has 11 aromatic carbocycles. The summed E-state index contributed by atoms with van der Waals surface area (Å²) in [6, 6.07) is -16.9. The van der Waals surface area contributed by atoms with Gasteiger partial charge in [-0.05, 0) is 5.39 Å². The Labute approximate surface area is 467 Å². The second-order valence-electron chi connectivity index (χ2n) is 15.6. The molecule has 0 bridgehead atoms. The van der Waals surface area contributed by atoms with E-state index in [9.17, 15) is 30.2 Å². The minimum absolute atomic E-state index is 0.209. The molecule has 0 saturated carbocycles. The Morgan fingerprint density at radius 1 is 0.319 bits per heavy atom. The van der Waals surface area contributed by atoms with Gasteiger partial charge in [-0.1, -0.05) is 30.3 Å². The van der Waals surface area contributed by atoms with Crippen LogP contribution in [0.25, 0.3) is 55.3 Å². The van der Waals surface area contributed by atoms with Gasteiger partial charge in [-0.25, -0.2) is 0 Å². The summed E-state index contributed by atoms with van der Waals surface area (Å²) in [5.41, 5.74) is -15.5. The zero-order valence-electron chi connectivity index (χ0n) is 69.0. The van der Waals surface area contributed by atoms with Gasteiger partial charge in [0.2, 0.25) is 0 Å². The molecule has 0 nitrogen and oxygen atoms in total. The average molecular weight is 1080 g/mol. The quantitative estimate of drug-likeness (QED) is 0.105. The van der Waals surface area contributed by atoms with Gasteiger partial charge in [-0.2, -0.15) is 0 Å². The van der Waals surface area contributed by atoms with Gasteiger partial charge >= 0.3 is 433 Å². The summed E-state index contributed by atoms with van der Waals surface area (Å²) in [6.07, 6.45) is 0. The second kappa shape index (κ2) is 16.9. The van der Waals surface area contributed by atoms with Crippen LogP contribution in [0, 0.1) is 0 Å². The fourth-order valence-electron chi connectivity index (χ4n) is 9.16. The molecule has 0 amide bonds. The third kappa shape index (κ3) is 6.56. The van der Waals surface area contributed by atoms with E-state index in [1.807, 2.05) is 0 Å². The van der Waals surface area contributed by atoms with Crippen molar-refractivity contribution in [2.24, 2.45) is 0 Å². The Hall–Kier alpha value is -6.42. The van der Waals surface area contributed by atoms with E-state index < -0.39 is 287 Å². The van der Waals surface area contributed by atoms with Gasteiger partial charge in [0.1, 0.15) is 0 Å². The summed E-state index contributed by atoms with van der Waals surface area (Å²) in [4.78, 5) is 0. The summed E-state index contributed by atoms with van der Waals surface area (Å²) >= 11 is 5.36. The molecule has 0 heterocycles. The molecular weight excluding hydrogens is 1000 g/mol. The Bertz CT molecular complexity index is 5360. The summed E-state index contributed by atoms with van der Waals surface area (Å²) < 4.78 is 318. The first kappa shape index (κ1) is 20.1. The van der Waals surface area contributed by atoms with Crippen molar-refractivity contribution in [2.45, 2.75) is 5.41 Å². The normalized spacial score (nSPS) is 20.1. The summed E-state index contributed by atoms with van der Waals surface area (Å²) in [7, 11) is 0. The summed E-state index contributed by atoms with van der Waals surface area (Å²) in [6.45, 7) is 0. The molecule has 0 aliphatic heterocycles. The van der Waals surface area contributed by atoms with Crippen LogP contribution < -0.4 is 31.8 Å². The van der Waals surface area contributed by atoms with Crippen LogP contribution in [0.4, 0.5) is 0 Å². The molecule has 0 fully saturated rings. The van der Waals surface area contributed by atoms with E-state index in [1.165, 1.54) is 0 Å². The molecule has 1 spiro atoms. The molecule has 0 radical (unpaired) electrons. The molecule has 4 heteroatoms. The predicted molar refractivity (Wildman–Crippen MR) is 300 cm³/mol. The van der Waals surface area contributed by atoms with Gasteiger partial charge in [0.05, 0.1) is 0 Å². The Morgan fingerprint density at radius 3 is 1.17 bits per heavy atom. The van der Waals surface area contributed by atoms with Crippen molar-refractivity contribution in [3.05, 3.63) is 288 Å². The molecule has 326 valence electrons. The number of rotatable bonds is 8. The first-order valence-electron chi connectivity index (χ1n) is 37.8. The number of hydrogen-bond acceptors (Lipinski definition) is 0. The van der Waals surface area contributed by atoms with Crippen molar-refractivity contribution in [1.29, 1.82) is 0 Å². The third-order valence-electron chi connectivity index (χ3n) is 12.1. The molecule has 2 aliphatic carbocycles. The van der Waals surface area contributed by atoms with Gasteiger partial charge in [0.25, 0.3) is 0 Å². The molecule has 2 aliphatic rings. The summed E-state index contributed by atoms with van der Waals surface area (Å²) in [5.74, 6) is 0. The van der Waals surface area contributed by atoms with Crippen molar-refractivity contribution < 1.29 is 46.6 Å². The van der Waals surface area contributed by atoms with Gasteiger partial charge in [-0.3, -0.25) is 0 Å². The number of benzene rings is 11. The van der Waals surface area contributed by atoms with Gasteiger partial charge in [-0.15, -0.1) is 0 Å². The van der Waals surface area contributed by atoms with Crippen LogP contribution >= 0.6 is 11.0 Å². The number of fused-ring (bicyclic) bond motifs is 12. The minimum atomic E-state index is -4.83. The standard InChI is InChI=1S/C65H44P2Se2/c68-66(50-18-5-1-6-19-50,51-20-7-2-8-21-51)54-36-29-45(30-37-54)48-33-40-57-58-41-34-49(46-31-38-55(39-32-46)67(69,52-22-9-3-10-23-52)53-24-11-4-12-25-53)44-63(58)65(62(57)43-48)60-28-16-15-27-59(60)64-56-26-14-13-17-47(56)35-42-61(64)65/h1-44H/i1D,2D,3D,4D,5D,6D,7D,8D,9D,10D,11D,12D,18D,19D,20D,21D,22D,23D,24D,25D,29D,30D,31D,32D,33D,34D,36D,37D,38D,39D,40D,41D,43D,44D. The molecular formula is C65H44P2Se2. The first-order valence-corrected chi connectivity index (χ1v) is 28.8. The van der Waals surface area contributed by atoms with Crippen molar-refractivity contribution >= 4 is 83.8 Å². The number of hydrogen-bond donors (Lipinski definition) is 0. The fraction of sp³-hybridized carbons (Fsp3) is 0.0154. The second-order valence-corrected chi connectivity index (χ2v) is 27.6. The van der Waals surface area contributed by atoms with Gasteiger partial charge < -0.3 is 0 Å². The summed E-state index contributed by atoms with van der Waals surface area (Å²) in [5, 5.41) is -3.58. The van der Waals surface area contributed by atoms with E-state index in [0.717, 1.165) is 0 Å². The molecule has 0 saturated heterocycles. The maximum atomic E-state index is 10.7. The van der Waals surface area contributed by atoms with Crippen molar-refractivity contribution in [2.75, 3.05) is 0 Å². The van der Waals surface area contributed by atoms with Crippen molar-refractivity contribution in [3.63, 3.8) is 0 Å². The maximum absolute atomic E-state index is 10.7. The fourth-order valence-corrected chi connectivity index (χ4v) is 16.5. The van der Waals surface area contributed by atoms with E-state index in [-0.39, 0.29) is 22.3 Å². The molecule has 0 aromatic heterocycles. The van der Waals surface area contributed by atoms with E-state index in [2.05, 4.69) is 30.2 Å². The molecule has 0 N–H and O–H groups in total. The molecule has 0 atom stereocenters. The monoisotopic (exact) mass is 1080 g/mol. The van der Waals surface area contributed by atoms with Gasteiger partial charge in [0.15, 0.2) is 0 Å². The third-order valence-corrected chi connectivity index (χ3v) is 24.1. The van der Waals surface area contributed by atoms with Crippen LogP contribution in [0.2, 0.25) is 0 Å². The molecule has 0 unspecified atom stereocenters. The van der Waals surface area contributed by atoms with E-state index in [0.29, 0.717) is 21.9 Å². The van der Waals surface area contributed by atoms with E-state index >= 15 is 0 Å². The van der Waals surface area contributed by atoms with Crippen molar-refractivity contribution in [3.8, 4) is 44.5 Å². The van der Waals surface area contributed by atoms with Crippen LogP contribution in [0.5, 0.6) is 0 Å². The van der Waals surface area contributed by atoms with Crippen LogP contribution in [0.15, 0.2) is 266 Å². The van der Waals surface area contributed by atoms with Crippen molar-refractivity contribution in [1.82, 2.24) is 0 Å². The van der Waals surface area contributed by atoms with Gasteiger partial charge in [0, 0.05) is 0 Å². The molecule has 69 heavy (non-hydrogen) atoms. The van der Waals surface area contributed by atoms with Crippen LogP contribution in [-0.2, 0) is 5.41 Å². The van der Waals surface area contributed by atoms with E-state index in [4.69, 9.17) is 16.4 Å². The molecule has 11 aromatic rings. The SMILES string of the molecule is [2H]c1c([2H])c([2H])c(P(=[Se])(c2c([2H])c([2H])c([2H])c([2H])c2[2H])c2c([2H])c([2H])c(-c3c([2H])c([2H])c4c(c3[2H])C3(c5ccccc5-c5c3ccc3ccccc53)c3c([2H])c(-c5c([2H])c([2H])c(P(=[Se])(c6c([2H])c([2H])c([2H])c([2H])c6[2H])c6c([2H])c([2H])c([2H])c([2H])c6[2H])c([2H])c5[2H])c([2H])c([2H])c3-4)c([2H])c2[2H])c([2H])c1[2H]. The zero-order valence-corrected chi connectivity index (χ0v) is 40.2. The molecule has 13 rings (SSSR count). The Morgan fingerprint density at radius 2 is 0.710 bits per heavy atom. The topological polar surface area (TPSA) is 0 Å². The first-order chi connectivity index (χ1) is 48.1. The van der Waals surface area contributed by atoms with E-state index in [1.54, 1.807) is 60.7 Å².